The van der Waals surface area contributed by atoms with Gasteiger partial charge in [0.25, 0.3) is 0 Å². The highest BCUT2D eigenvalue weighted by molar-refractivity contribution is 6.42. The summed E-state index contributed by atoms with van der Waals surface area (Å²) in [7, 11) is 0. The minimum atomic E-state index is -0.861. The van der Waals surface area contributed by atoms with E-state index >= 15 is 0 Å². The average molecular weight is 273 g/mol. The molecule has 20 heavy (non-hydrogen) atoms. The molecule has 0 radical (unpaired) electrons. The largest absolute Gasteiger partial charge is 0.328 e. The molecule has 8 heteroatoms. The van der Waals surface area contributed by atoms with Crippen molar-refractivity contribution in [2.75, 3.05) is 10.7 Å². The fourth-order valence-corrected chi connectivity index (χ4v) is 1.40. The zero-order valence-electron chi connectivity index (χ0n) is 10.5. The Hall–Kier alpha value is -3.03. The van der Waals surface area contributed by atoms with Crippen LogP contribution in [0.15, 0.2) is 36.9 Å². The molecule has 102 valence electrons. The molecule has 0 saturated carbocycles. The maximum Gasteiger partial charge on any atom is 0.328 e. The van der Waals surface area contributed by atoms with Gasteiger partial charge in [-0.15, -0.1) is 10.2 Å². The van der Waals surface area contributed by atoms with Gasteiger partial charge >= 0.3 is 11.8 Å². The van der Waals surface area contributed by atoms with E-state index in [0.717, 1.165) is 4.68 Å². The topological polar surface area (TPSA) is 106 Å². The highest BCUT2D eigenvalue weighted by Gasteiger charge is 2.14. The SMILES string of the molecule is CC(=O)c1ccc(NC(=O)C(=O)Nn2cnnc2)cc1. The molecule has 2 aromatic rings. The first-order chi connectivity index (χ1) is 9.56. The lowest BCUT2D eigenvalue weighted by molar-refractivity contribution is -0.133. The number of nitrogens with one attached hydrogen (secondary N) is 2. The number of rotatable bonds is 3. The summed E-state index contributed by atoms with van der Waals surface area (Å²) in [5, 5.41) is 9.36. The van der Waals surface area contributed by atoms with Gasteiger partial charge in [0, 0.05) is 11.3 Å². The van der Waals surface area contributed by atoms with Gasteiger partial charge < -0.3 is 5.32 Å². The van der Waals surface area contributed by atoms with E-state index in [4.69, 9.17) is 0 Å². The second-order valence-electron chi connectivity index (χ2n) is 3.90. The number of anilines is 1. The minimum absolute atomic E-state index is 0.0757. The molecular formula is C12H11N5O3. The number of ketones is 1. The Morgan fingerprint density at radius 1 is 1.00 bits per heavy atom. The number of Topliss-reactive ketones (excluding diaryl/α,β-unsaturated/α-hetero) is 1. The maximum absolute atomic E-state index is 11.6. The number of hydrogen-bond donors (Lipinski definition) is 2. The van der Waals surface area contributed by atoms with E-state index in [1.165, 1.54) is 19.6 Å². The van der Waals surface area contributed by atoms with Crippen LogP contribution in [-0.4, -0.2) is 32.5 Å². The van der Waals surface area contributed by atoms with Crippen molar-refractivity contribution in [3.63, 3.8) is 0 Å². The van der Waals surface area contributed by atoms with Gasteiger partial charge in [-0.3, -0.25) is 19.8 Å². The van der Waals surface area contributed by atoms with E-state index in [1.807, 2.05) is 0 Å². The molecule has 0 unspecified atom stereocenters. The molecule has 0 aliphatic rings. The molecule has 1 heterocycles. The normalized spacial score (nSPS) is 9.85. The molecule has 0 spiro atoms. The van der Waals surface area contributed by atoms with Crippen LogP contribution in [0.3, 0.4) is 0 Å². The second-order valence-corrected chi connectivity index (χ2v) is 3.90. The summed E-state index contributed by atoms with van der Waals surface area (Å²) >= 11 is 0. The van der Waals surface area contributed by atoms with Crippen LogP contribution in [0.25, 0.3) is 0 Å². The number of benzene rings is 1. The highest BCUT2D eigenvalue weighted by Crippen LogP contribution is 2.09. The third-order valence-corrected chi connectivity index (χ3v) is 2.40. The van der Waals surface area contributed by atoms with E-state index in [2.05, 4.69) is 20.9 Å². The third kappa shape index (κ3) is 3.25. The summed E-state index contributed by atoms with van der Waals surface area (Å²) in [5.41, 5.74) is 3.20. The van der Waals surface area contributed by atoms with Crippen molar-refractivity contribution in [1.29, 1.82) is 0 Å². The fraction of sp³-hybridized carbons (Fsp3) is 0.0833. The van der Waals surface area contributed by atoms with Crippen LogP contribution in [0.4, 0.5) is 5.69 Å². The van der Waals surface area contributed by atoms with Crippen LogP contribution in [0, 0.1) is 0 Å². The molecule has 0 aliphatic heterocycles. The first kappa shape index (κ1) is 13.4. The lowest BCUT2D eigenvalue weighted by Crippen LogP contribution is -2.33. The van der Waals surface area contributed by atoms with Crippen molar-refractivity contribution in [3.8, 4) is 0 Å². The summed E-state index contributed by atoms with van der Waals surface area (Å²) in [6.07, 6.45) is 2.49. The predicted molar refractivity (Wildman–Crippen MR) is 69.5 cm³/mol. The molecule has 0 bridgehead atoms. The third-order valence-electron chi connectivity index (χ3n) is 2.40. The number of carbonyl (C=O) groups excluding carboxylic acids is 3. The number of nitrogens with zero attached hydrogens (tertiary/aromatic N) is 3. The summed E-state index contributed by atoms with van der Waals surface area (Å²) in [5.74, 6) is -1.78. The van der Waals surface area contributed by atoms with Crippen LogP contribution in [0.1, 0.15) is 17.3 Å². The van der Waals surface area contributed by atoms with E-state index in [0.29, 0.717) is 11.3 Å². The van der Waals surface area contributed by atoms with Gasteiger partial charge in [0.2, 0.25) is 0 Å². The minimum Gasteiger partial charge on any atom is -0.318 e. The van der Waals surface area contributed by atoms with Crippen molar-refractivity contribution >= 4 is 23.3 Å². The quantitative estimate of drug-likeness (QED) is 0.613. The molecule has 0 fully saturated rings. The molecule has 0 aliphatic carbocycles. The summed E-state index contributed by atoms with van der Waals surface area (Å²) < 4.78 is 1.15. The van der Waals surface area contributed by atoms with E-state index in [1.54, 1.807) is 24.3 Å². The predicted octanol–water partition coefficient (Wildman–Crippen LogP) is 0.189. The molecule has 1 aromatic heterocycles. The Morgan fingerprint density at radius 2 is 1.60 bits per heavy atom. The van der Waals surface area contributed by atoms with Gasteiger partial charge in [-0.25, -0.2) is 4.68 Å². The fourth-order valence-electron chi connectivity index (χ4n) is 1.40. The average Bonchev–Trinajstić information content (AvgIpc) is 2.92. The van der Waals surface area contributed by atoms with E-state index in [9.17, 15) is 14.4 Å². The van der Waals surface area contributed by atoms with Crippen molar-refractivity contribution in [3.05, 3.63) is 42.5 Å². The first-order valence-corrected chi connectivity index (χ1v) is 5.64. The van der Waals surface area contributed by atoms with Gasteiger partial charge in [-0.05, 0) is 31.2 Å². The molecule has 2 N–H and O–H groups in total. The number of aromatic nitrogens is 3. The standard InChI is InChI=1S/C12H11N5O3/c1-8(18)9-2-4-10(5-3-9)15-11(19)12(20)16-17-6-13-14-7-17/h2-7H,1H3,(H,15,19)(H,16,20). The maximum atomic E-state index is 11.6. The smallest absolute Gasteiger partial charge is 0.318 e. The molecule has 0 atom stereocenters. The van der Waals surface area contributed by atoms with Crippen molar-refractivity contribution < 1.29 is 14.4 Å². The monoisotopic (exact) mass is 273 g/mol. The number of amides is 2. The summed E-state index contributed by atoms with van der Waals surface area (Å²) in [6.45, 7) is 1.44. The Bertz CT molecular complexity index is 634. The molecule has 2 amide bonds. The van der Waals surface area contributed by atoms with Gasteiger partial charge in [0.1, 0.15) is 12.7 Å². The van der Waals surface area contributed by atoms with Crippen LogP contribution < -0.4 is 10.7 Å². The number of hydrogen-bond acceptors (Lipinski definition) is 5. The molecule has 2 rings (SSSR count). The molecule has 0 saturated heterocycles. The van der Waals surface area contributed by atoms with Crippen LogP contribution in [-0.2, 0) is 9.59 Å². The molecule has 1 aromatic carbocycles. The lowest BCUT2D eigenvalue weighted by atomic mass is 10.1. The van der Waals surface area contributed by atoms with Crippen molar-refractivity contribution in [2.45, 2.75) is 6.92 Å². The second kappa shape index (κ2) is 5.74. The van der Waals surface area contributed by atoms with Crippen LogP contribution >= 0.6 is 0 Å². The Labute approximate surface area is 113 Å². The Balaban J connectivity index is 1.97. The van der Waals surface area contributed by atoms with Gasteiger partial charge in [0.05, 0.1) is 0 Å². The van der Waals surface area contributed by atoms with Gasteiger partial charge in [0.15, 0.2) is 5.78 Å². The summed E-state index contributed by atoms with van der Waals surface area (Å²) in [4.78, 5) is 34.2. The number of carbonyl (C=O) groups is 3. The molecule has 8 nitrogen and oxygen atoms in total. The summed E-state index contributed by atoms with van der Waals surface area (Å²) in [6, 6.07) is 6.21. The van der Waals surface area contributed by atoms with Crippen LogP contribution in [0.5, 0.6) is 0 Å². The van der Waals surface area contributed by atoms with Gasteiger partial charge in [-0.1, -0.05) is 0 Å². The molecular weight excluding hydrogens is 262 g/mol. The van der Waals surface area contributed by atoms with E-state index in [-0.39, 0.29) is 5.78 Å². The highest BCUT2D eigenvalue weighted by atomic mass is 16.2. The lowest BCUT2D eigenvalue weighted by Gasteiger charge is -2.06. The van der Waals surface area contributed by atoms with Crippen LogP contribution in [0.2, 0.25) is 0 Å². The Kier molecular flexibility index (Phi) is 3.85. The zero-order chi connectivity index (χ0) is 14.5. The Morgan fingerprint density at radius 3 is 2.15 bits per heavy atom. The van der Waals surface area contributed by atoms with Crippen molar-refractivity contribution in [1.82, 2.24) is 14.9 Å². The van der Waals surface area contributed by atoms with E-state index < -0.39 is 11.8 Å². The van der Waals surface area contributed by atoms with Gasteiger partial charge in [-0.2, -0.15) is 0 Å². The van der Waals surface area contributed by atoms with Crippen molar-refractivity contribution in [2.24, 2.45) is 0 Å². The zero-order valence-corrected chi connectivity index (χ0v) is 10.5. The first-order valence-electron chi connectivity index (χ1n) is 5.64.